The second-order valence-electron chi connectivity index (χ2n) is 3.64. The number of hydrogen-bond acceptors (Lipinski definition) is 3. The third kappa shape index (κ3) is 1.91. The molecule has 4 nitrogen and oxygen atoms in total. The van der Waals surface area contributed by atoms with Crippen LogP contribution in [0, 0.1) is 0 Å². The van der Waals surface area contributed by atoms with Gasteiger partial charge in [0.05, 0.1) is 18.2 Å². The van der Waals surface area contributed by atoms with E-state index in [2.05, 4.69) is 0 Å². The van der Waals surface area contributed by atoms with Gasteiger partial charge >= 0.3 is 0 Å². The Bertz CT molecular complexity index is 615. The number of carbonyl (C=O) groups excluding carboxylic acids is 2. The van der Waals surface area contributed by atoms with Gasteiger partial charge in [0.25, 0.3) is 5.24 Å². The molecule has 0 aliphatic heterocycles. The van der Waals surface area contributed by atoms with Gasteiger partial charge in [0.15, 0.2) is 0 Å². The van der Waals surface area contributed by atoms with Crippen LogP contribution in [0.2, 0.25) is 0 Å². The number of ether oxygens (including phenoxy) is 1. The number of aromatic nitrogens is 1. The molecule has 0 bridgehead atoms. The van der Waals surface area contributed by atoms with E-state index in [4.69, 9.17) is 16.3 Å². The van der Waals surface area contributed by atoms with E-state index < -0.39 is 11.0 Å². The Balaban J connectivity index is 2.68. The van der Waals surface area contributed by atoms with E-state index in [0.29, 0.717) is 16.7 Å². The van der Waals surface area contributed by atoms with E-state index >= 15 is 0 Å². The van der Waals surface area contributed by atoms with Crippen molar-refractivity contribution in [2.45, 2.75) is 0 Å². The topological polar surface area (TPSA) is 48.3 Å². The van der Waals surface area contributed by atoms with Crippen molar-refractivity contribution < 1.29 is 14.3 Å². The van der Waals surface area contributed by atoms with Crippen molar-refractivity contribution >= 4 is 33.5 Å². The molecule has 1 aromatic carbocycles. The monoisotopic (exact) mass is 251 g/mol. The number of halogens is 1. The van der Waals surface area contributed by atoms with Gasteiger partial charge in [-0.1, -0.05) is 0 Å². The van der Waals surface area contributed by atoms with E-state index in [1.165, 1.54) is 0 Å². The first-order valence-electron chi connectivity index (χ1n) is 4.92. The summed E-state index contributed by atoms with van der Waals surface area (Å²) in [7, 11) is 3.36. The SMILES string of the molecule is COc1ccc2c(C(=O)C(=O)Cl)cn(C)c2c1. The molecule has 88 valence electrons. The molecule has 2 aromatic rings. The maximum absolute atomic E-state index is 11.6. The minimum atomic E-state index is -0.978. The van der Waals surface area contributed by atoms with Gasteiger partial charge in [-0.15, -0.1) is 0 Å². The van der Waals surface area contributed by atoms with Crippen molar-refractivity contribution in [2.75, 3.05) is 7.11 Å². The van der Waals surface area contributed by atoms with Crippen LogP contribution in [0.4, 0.5) is 0 Å². The Kier molecular flexibility index (Phi) is 2.90. The lowest BCUT2D eigenvalue weighted by atomic mass is 10.1. The standard InChI is InChI=1S/C12H10ClNO3/c1-14-6-9(11(15)12(13)16)8-4-3-7(17-2)5-10(8)14/h3-6H,1-2H3. The molecule has 0 atom stereocenters. The molecule has 0 amide bonds. The van der Waals surface area contributed by atoms with Crippen LogP contribution < -0.4 is 4.74 Å². The zero-order valence-electron chi connectivity index (χ0n) is 9.36. The number of benzene rings is 1. The summed E-state index contributed by atoms with van der Waals surface area (Å²) < 4.78 is 6.86. The third-order valence-electron chi connectivity index (χ3n) is 2.62. The molecule has 0 aliphatic rings. The molecule has 0 fully saturated rings. The molecule has 17 heavy (non-hydrogen) atoms. The van der Waals surface area contributed by atoms with E-state index in [9.17, 15) is 9.59 Å². The Labute approximate surface area is 103 Å². The van der Waals surface area contributed by atoms with Gasteiger partial charge < -0.3 is 9.30 Å². The summed E-state index contributed by atoms with van der Waals surface area (Å²) in [6.07, 6.45) is 1.59. The molecule has 2 rings (SSSR count). The molecule has 1 heterocycles. The molecule has 5 heteroatoms. The number of aryl methyl sites for hydroxylation is 1. The zero-order valence-corrected chi connectivity index (χ0v) is 10.1. The molecule has 1 aromatic heterocycles. The normalized spacial score (nSPS) is 10.5. The van der Waals surface area contributed by atoms with Crippen molar-refractivity contribution in [3.63, 3.8) is 0 Å². The van der Waals surface area contributed by atoms with Crippen molar-refractivity contribution in [3.8, 4) is 5.75 Å². The molecular formula is C12H10ClNO3. The highest BCUT2D eigenvalue weighted by atomic mass is 35.5. The molecule has 0 saturated heterocycles. The average molecular weight is 252 g/mol. The lowest BCUT2D eigenvalue weighted by Gasteiger charge is -2.01. The van der Waals surface area contributed by atoms with Gasteiger partial charge in [-0.05, 0) is 23.7 Å². The fraction of sp³-hybridized carbons (Fsp3) is 0.167. The first-order valence-corrected chi connectivity index (χ1v) is 5.29. The van der Waals surface area contributed by atoms with E-state index in [1.54, 1.807) is 43.1 Å². The third-order valence-corrected chi connectivity index (χ3v) is 2.79. The molecule has 0 spiro atoms. The number of methoxy groups -OCH3 is 1. The van der Waals surface area contributed by atoms with Crippen molar-refractivity contribution in [1.82, 2.24) is 4.57 Å². The van der Waals surface area contributed by atoms with Gasteiger partial charge in [-0.25, -0.2) is 0 Å². The predicted molar refractivity (Wildman–Crippen MR) is 64.7 cm³/mol. The van der Waals surface area contributed by atoms with Crippen LogP contribution in [0.5, 0.6) is 5.75 Å². The lowest BCUT2D eigenvalue weighted by Crippen LogP contribution is -2.06. The lowest BCUT2D eigenvalue weighted by molar-refractivity contribution is -0.108. The number of Topliss-reactive ketones (excluding diaryl/α,β-unsaturated/α-hetero) is 1. The molecule has 0 aliphatic carbocycles. The van der Waals surface area contributed by atoms with Gasteiger partial charge in [0.1, 0.15) is 5.75 Å². The van der Waals surface area contributed by atoms with Crippen molar-refractivity contribution in [3.05, 3.63) is 30.0 Å². The van der Waals surface area contributed by atoms with Crippen LogP contribution in [-0.2, 0) is 11.8 Å². The van der Waals surface area contributed by atoms with Gasteiger partial charge in [-0.2, -0.15) is 0 Å². The summed E-state index contributed by atoms with van der Waals surface area (Å²) in [5.41, 5.74) is 1.12. The highest BCUT2D eigenvalue weighted by Gasteiger charge is 2.19. The number of ketones is 1. The number of carbonyl (C=O) groups is 2. The van der Waals surface area contributed by atoms with Crippen LogP contribution in [0.25, 0.3) is 10.9 Å². The maximum atomic E-state index is 11.6. The van der Waals surface area contributed by atoms with Gasteiger partial charge in [0, 0.05) is 24.7 Å². The molecule has 0 radical (unpaired) electrons. The van der Waals surface area contributed by atoms with Crippen LogP contribution in [0.3, 0.4) is 0 Å². The Morgan fingerprint density at radius 2 is 2.06 bits per heavy atom. The van der Waals surface area contributed by atoms with Crippen molar-refractivity contribution in [2.24, 2.45) is 7.05 Å². The minimum Gasteiger partial charge on any atom is -0.497 e. The Morgan fingerprint density at radius 3 is 2.65 bits per heavy atom. The largest absolute Gasteiger partial charge is 0.497 e. The van der Waals surface area contributed by atoms with E-state index in [-0.39, 0.29) is 0 Å². The predicted octanol–water partition coefficient (Wildman–Crippen LogP) is 2.13. The summed E-state index contributed by atoms with van der Waals surface area (Å²) in [6.45, 7) is 0. The molecular weight excluding hydrogens is 242 g/mol. The molecule has 0 saturated carbocycles. The Hall–Kier alpha value is -1.81. The average Bonchev–Trinajstić information content (AvgIpc) is 2.65. The van der Waals surface area contributed by atoms with Crippen LogP contribution in [0.15, 0.2) is 24.4 Å². The van der Waals surface area contributed by atoms with Crippen molar-refractivity contribution in [1.29, 1.82) is 0 Å². The van der Waals surface area contributed by atoms with E-state index in [0.717, 1.165) is 5.52 Å². The van der Waals surface area contributed by atoms with Crippen LogP contribution in [-0.4, -0.2) is 22.7 Å². The van der Waals surface area contributed by atoms with E-state index in [1.807, 2.05) is 0 Å². The van der Waals surface area contributed by atoms with Crippen LogP contribution >= 0.6 is 11.6 Å². The summed E-state index contributed by atoms with van der Waals surface area (Å²) in [5, 5.41) is -0.291. The number of hydrogen-bond donors (Lipinski definition) is 0. The first kappa shape index (κ1) is 11.7. The number of nitrogens with zero attached hydrogens (tertiary/aromatic N) is 1. The first-order chi connectivity index (χ1) is 8.04. The number of rotatable bonds is 3. The van der Waals surface area contributed by atoms with Gasteiger partial charge in [-0.3, -0.25) is 9.59 Å². The quantitative estimate of drug-likeness (QED) is 0.477. The fourth-order valence-electron chi connectivity index (χ4n) is 1.78. The fourth-order valence-corrected chi connectivity index (χ4v) is 1.88. The number of fused-ring (bicyclic) bond motifs is 1. The molecule has 0 N–H and O–H groups in total. The zero-order chi connectivity index (χ0) is 12.6. The maximum Gasteiger partial charge on any atom is 0.293 e. The highest BCUT2D eigenvalue weighted by Crippen LogP contribution is 2.25. The summed E-state index contributed by atoms with van der Waals surface area (Å²) in [4.78, 5) is 22.5. The summed E-state index contributed by atoms with van der Waals surface area (Å²) >= 11 is 5.21. The highest BCUT2D eigenvalue weighted by molar-refractivity contribution is 6.83. The summed E-state index contributed by atoms with van der Waals surface area (Å²) in [6, 6.07) is 5.27. The second-order valence-corrected chi connectivity index (χ2v) is 3.98. The Morgan fingerprint density at radius 1 is 1.35 bits per heavy atom. The van der Waals surface area contributed by atoms with Crippen LogP contribution in [0.1, 0.15) is 10.4 Å². The summed E-state index contributed by atoms with van der Waals surface area (Å²) in [5.74, 6) is -0.00247. The second kappa shape index (κ2) is 4.22. The smallest absolute Gasteiger partial charge is 0.293 e. The molecule has 0 unspecified atom stereocenters. The van der Waals surface area contributed by atoms with Gasteiger partial charge in [0.2, 0.25) is 5.78 Å². The minimum absolute atomic E-state index is 0.310.